The van der Waals surface area contributed by atoms with Gasteiger partial charge in [-0.25, -0.2) is 0 Å². The number of carbonyl (C=O) groups is 1. The van der Waals surface area contributed by atoms with Crippen LogP contribution in [-0.2, 0) is 4.79 Å². The van der Waals surface area contributed by atoms with Gasteiger partial charge in [-0.15, -0.1) is 0 Å². The molecule has 1 unspecified atom stereocenters. The Morgan fingerprint density at radius 1 is 1.62 bits per heavy atom. The third kappa shape index (κ3) is 3.41. The molecule has 0 saturated carbocycles. The van der Waals surface area contributed by atoms with Crippen LogP contribution in [0.1, 0.15) is 13.8 Å². The van der Waals surface area contributed by atoms with Crippen LogP contribution in [0.15, 0.2) is 22.7 Å². The second kappa shape index (κ2) is 5.75. The van der Waals surface area contributed by atoms with E-state index < -0.39 is 11.9 Å². The van der Waals surface area contributed by atoms with Crippen molar-refractivity contribution in [3.8, 4) is 5.75 Å². The zero-order valence-corrected chi connectivity index (χ0v) is 10.9. The van der Waals surface area contributed by atoms with E-state index in [4.69, 9.17) is 10.5 Å². The predicted molar refractivity (Wildman–Crippen MR) is 67.6 cm³/mol. The Kier molecular flexibility index (Phi) is 4.61. The normalized spacial score (nSPS) is 11.9. The van der Waals surface area contributed by atoms with Crippen LogP contribution < -0.4 is 15.8 Å². The number of nitrogens with two attached hydrogens (primary N) is 1. The fourth-order valence-electron chi connectivity index (χ4n) is 1.19. The Bertz CT molecular complexity index is 382. The van der Waals surface area contributed by atoms with Gasteiger partial charge in [0, 0.05) is 4.47 Å². The lowest BCUT2D eigenvalue weighted by Crippen LogP contribution is -2.32. The Morgan fingerprint density at radius 3 is 2.88 bits per heavy atom. The van der Waals surface area contributed by atoms with Gasteiger partial charge in [0.15, 0.2) is 0 Å². The number of nitrogens with one attached hydrogen (secondary N) is 1. The summed E-state index contributed by atoms with van der Waals surface area (Å²) < 4.78 is 6.38. The third-order valence-corrected chi connectivity index (χ3v) is 2.54. The van der Waals surface area contributed by atoms with Crippen molar-refractivity contribution >= 4 is 27.5 Å². The van der Waals surface area contributed by atoms with Crippen LogP contribution in [-0.4, -0.2) is 18.6 Å². The molecule has 0 fully saturated rings. The van der Waals surface area contributed by atoms with Crippen molar-refractivity contribution in [2.75, 3.05) is 11.9 Å². The molecule has 0 radical (unpaired) electrons. The first-order valence-corrected chi connectivity index (χ1v) is 5.82. The summed E-state index contributed by atoms with van der Waals surface area (Å²) in [6, 6.07) is 5.13. The van der Waals surface area contributed by atoms with Crippen molar-refractivity contribution in [3.63, 3.8) is 0 Å². The van der Waals surface area contributed by atoms with Gasteiger partial charge in [0.05, 0.1) is 12.3 Å². The standard InChI is InChI=1S/C11H15BrN2O2/c1-3-16-10-6-8(12)4-5-9(10)14-7(2)11(13)15/h4-7,14H,3H2,1-2H3,(H2,13,15). The van der Waals surface area contributed by atoms with E-state index in [0.29, 0.717) is 12.4 Å². The fraction of sp³-hybridized carbons (Fsp3) is 0.364. The highest BCUT2D eigenvalue weighted by molar-refractivity contribution is 9.10. The van der Waals surface area contributed by atoms with Gasteiger partial charge in [0.25, 0.3) is 0 Å². The van der Waals surface area contributed by atoms with Gasteiger partial charge < -0.3 is 15.8 Å². The van der Waals surface area contributed by atoms with Crippen molar-refractivity contribution in [1.29, 1.82) is 0 Å². The predicted octanol–water partition coefficient (Wildman–Crippen LogP) is 2.13. The maximum absolute atomic E-state index is 10.9. The molecule has 1 rings (SSSR count). The lowest BCUT2D eigenvalue weighted by atomic mass is 10.2. The van der Waals surface area contributed by atoms with E-state index in [1.165, 1.54) is 0 Å². The van der Waals surface area contributed by atoms with E-state index in [9.17, 15) is 4.79 Å². The number of ether oxygens (including phenoxy) is 1. The molecule has 3 N–H and O–H groups in total. The van der Waals surface area contributed by atoms with E-state index in [2.05, 4.69) is 21.2 Å². The van der Waals surface area contributed by atoms with Crippen molar-refractivity contribution in [1.82, 2.24) is 0 Å². The second-order valence-electron chi connectivity index (χ2n) is 3.34. The Labute approximate surface area is 103 Å². The molecule has 1 amide bonds. The summed E-state index contributed by atoms with van der Waals surface area (Å²) in [5, 5.41) is 3.00. The lowest BCUT2D eigenvalue weighted by Gasteiger charge is -2.15. The molecule has 0 bridgehead atoms. The number of hydrogen-bond acceptors (Lipinski definition) is 3. The molecule has 1 aromatic rings. The molecule has 0 aliphatic carbocycles. The van der Waals surface area contributed by atoms with Crippen LogP contribution in [0.25, 0.3) is 0 Å². The van der Waals surface area contributed by atoms with Gasteiger partial charge >= 0.3 is 0 Å². The van der Waals surface area contributed by atoms with Gasteiger partial charge in [-0.2, -0.15) is 0 Å². The van der Waals surface area contributed by atoms with Gasteiger partial charge in [-0.1, -0.05) is 15.9 Å². The quantitative estimate of drug-likeness (QED) is 0.872. The van der Waals surface area contributed by atoms with Crippen LogP contribution in [0.5, 0.6) is 5.75 Å². The summed E-state index contributed by atoms with van der Waals surface area (Å²) in [5.74, 6) is 0.301. The van der Waals surface area contributed by atoms with Crippen molar-refractivity contribution in [3.05, 3.63) is 22.7 Å². The zero-order chi connectivity index (χ0) is 12.1. The maximum Gasteiger partial charge on any atom is 0.239 e. The smallest absolute Gasteiger partial charge is 0.239 e. The molecule has 88 valence electrons. The summed E-state index contributed by atoms with van der Waals surface area (Å²) in [4.78, 5) is 10.9. The third-order valence-electron chi connectivity index (χ3n) is 2.04. The molecule has 1 atom stereocenters. The van der Waals surface area contributed by atoms with Gasteiger partial charge in [0.1, 0.15) is 11.8 Å². The molecule has 0 aromatic heterocycles. The minimum Gasteiger partial charge on any atom is -0.492 e. The molecule has 1 aromatic carbocycles. The topological polar surface area (TPSA) is 64.3 Å². The Morgan fingerprint density at radius 2 is 2.31 bits per heavy atom. The molecule has 16 heavy (non-hydrogen) atoms. The van der Waals surface area contributed by atoms with E-state index in [1.54, 1.807) is 6.92 Å². The summed E-state index contributed by atoms with van der Waals surface area (Å²) in [6.45, 7) is 4.18. The molecule has 0 spiro atoms. The lowest BCUT2D eigenvalue weighted by molar-refractivity contribution is -0.118. The highest BCUT2D eigenvalue weighted by Gasteiger charge is 2.11. The van der Waals surface area contributed by atoms with Gasteiger partial charge in [0.2, 0.25) is 5.91 Å². The highest BCUT2D eigenvalue weighted by Crippen LogP contribution is 2.28. The van der Waals surface area contributed by atoms with Crippen LogP contribution in [0.2, 0.25) is 0 Å². The van der Waals surface area contributed by atoms with Crippen LogP contribution >= 0.6 is 15.9 Å². The summed E-state index contributed by atoms with van der Waals surface area (Å²) in [5.41, 5.74) is 5.95. The average Bonchev–Trinajstić information content (AvgIpc) is 2.22. The number of carbonyl (C=O) groups excluding carboxylic acids is 1. The number of amides is 1. The summed E-state index contributed by atoms with van der Waals surface area (Å²) >= 11 is 3.36. The number of anilines is 1. The van der Waals surface area contributed by atoms with Gasteiger partial charge in [-0.3, -0.25) is 4.79 Å². The van der Waals surface area contributed by atoms with Crippen LogP contribution in [0.4, 0.5) is 5.69 Å². The van der Waals surface area contributed by atoms with Crippen LogP contribution in [0.3, 0.4) is 0 Å². The number of rotatable bonds is 5. The van der Waals surface area contributed by atoms with E-state index >= 15 is 0 Å². The number of halogens is 1. The van der Waals surface area contributed by atoms with E-state index in [0.717, 1.165) is 10.2 Å². The molecule has 4 nitrogen and oxygen atoms in total. The first-order valence-electron chi connectivity index (χ1n) is 5.02. The maximum atomic E-state index is 10.9. The zero-order valence-electron chi connectivity index (χ0n) is 9.29. The van der Waals surface area contributed by atoms with Crippen molar-refractivity contribution < 1.29 is 9.53 Å². The van der Waals surface area contributed by atoms with Crippen molar-refractivity contribution in [2.45, 2.75) is 19.9 Å². The number of benzene rings is 1. The van der Waals surface area contributed by atoms with Crippen LogP contribution in [0, 0.1) is 0 Å². The highest BCUT2D eigenvalue weighted by atomic mass is 79.9. The summed E-state index contributed by atoms with van der Waals surface area (Å²) in [6.07, 6.45) is 0. The molecular formula is C11H15BrN2O2. The number of hydrogen-bond donors (Lipinski definition) is 2. The molecule has 0 saturated heterocycles. The average molecular weight is 287 g/mol. The Balaban J connectivity index is 2.89. The monoisotopic (exact) mass is 286 g/mol. The molecule has 5 heteroatoms. The van der Waals surface area contributed by atoms with E-state index in [1.807, 2.05) is 25.1 Å². The fourth-order valence-corrected chi connectivity index (χ4v) is 1.53. The summed E-state index contributed by atoms with van der Waals surface area (Å²) in [7, 11) is 0. The molecule has 0 aliphatic heterocycles. The van der Waals surface area contributed by atoms with Crippen molar-refractivity contribution in [2.24, 2.45) is 5.73 Å². The first-order chi connectivity index (χ1) is 7.54. The van der Waals surface area contributed by atoms with E-state index in [-0.39, 0.29) is 0 Å². The largest absolute Gasteiger partial charge is 0.492 e. The molecule has 0 heterocycles. The second-order valence-corrected chi connectivity index (χ2v) is 4.26. The number of primary amides is 1. The SMILES string of the molecule is CCOc1cc(Br)ccc1NC(C)C(N)=O. The Hall–Kier alpha value is -1.23. The minimum atomic E-state index is -0.430. The van der Waals surface area contributed by atoms with Gasteiger partial charge in [-0.05, 0) is 32.0 Å². The first kappa shape index (κ1) is 12.8. The molecular weight excluding hydrogens is 272 g/mol. The minimum absolute atomic E-state index is 0.398. The molecule has 0 aliphatic rings.